The average Bonchev–Trinajstić information content (AvgIpc) is 3.20. The number of aromatic nitrogens is 3. The van der Waals surface area contributed by atoms with E-state index in [0.717, 1.165) is 28.2 Å². The van der Waals surface area contributed by atoms with Crippen molar-refractivity contribution in [1.82, 2.24) is 14.6 Å². The second-order valence-corrected chi connectivity index (χ2v) is 6.73. The lowest BCUT2D eigenvalue weighted by molar-refractivity contribution is 0.111. The summed E-state index contributed by atoms with van der Waals surface area (Å²) in [5, 5.41) is 5.31. The lowest BCUT2D eigenvalue weighted by atomic mass is 10.1. The van der Waals surface area contributed by atoms with Crippen molar-refractivity contribution < 1.29 is 13.9 Å². The lowest BCUT2D eigenvalue weighted by Gasteiger charge is -2.01. The maximum absolute atomic E-state index is 13.0. The largest absolute Gasteiger partial charge is 0.497 e. The number of nitrogens with zero attached hydrogens (tertiary/aromatic N) is 3. The van der Waals surface area contributed by atoms with Gasteiger partial charge in [-0.15, -0.1) is 0 Å². The summed E-state index contributed by atoms with van der Waals surface area (Å²) in [5.74, 6) is 0.470. The zero-order chi connectivity index (χ0) is 18.1. The lowest BCUT2D eigenvalue weighted by Crippen LogP contribution is -1.96. The summed E-state index contributed by atoms with van der Waals surface area (Å²) in [4.78, 5) is 16.9. The molecule has 0 N–H and O–H groups in total. The predicted molar refractivity (Wildman–Crippen MR) is 97.4 cm³/mol. The van der Waals surface area contributed by atoms with E-state index in [1.54, 1.807) is 23.8 Å². The maximum Gasteiger partial charge on any atom is 0.213 e. The van der Waals surface area contributed by atoms with Gasteiger partial charge in [-0.3, -0.25) is 4.79 Å². The van der Waals surface area contributed by atoms with Gasteiger partial charge < -0.3 is 4.74 Å². The van der Waals surface area contributed by atoms with Crippen LogP contribution in [0.4, 0.5) is 4.39 Å². The zero-order valence-corrected chi connectivity index (χ0v) is 14.7. The summed E-state index contributed by atoms with van der Waals surface area (Å²) >= 11 is 1.41. The standard InChI is InChI=1S/C19H14FN3O2S/c1-25-15-8-4-13(5-9-15)18-16(11-24)23-19(21-18)26-17(22-23)10-12-2-6-14(20)7-3-12/h2-9,11H,10H2,1H3. The van der Waals surface area contributed by atoms with Crippen LogP contribution in [0.25, 0.3) is 16.2 Å². The molecule has 130 valence electrons. The molecule has 0 aliphatic carbocycles. The smallest absolute Gasteiger partial charge is 0.213 e. The third kappa shape index (κ3) is 2.97. The van der Waals surface area contributed by atoms with Gasteiger partial charge in [0.25, 0.3) is 0 Å². The first-order chi connectivity index (χ1) is 12.7. The summed E-state index contributed by atoms with van der Waals surface area (Å²) in [6.45, 7) is 0. The highest BCUT2D eigenvalue weighted by atomic mass is 32.1. The molecule has 2 aromatic heterocycles. The van der Waals surface area contributed by atoms with Crippen LogP contribution < -0.4 is 4.74 Å². The van der Waals surface area contributed by atoms with E-state index in [1.165, 1.54) is 23.5 Å². The van der Waals surface area contributed by atoms with E-state index in [-0.39, 0.29) is 5.82 Å². The van der Waals surface area contributed by atoms with Crippen LogP contribution in [-0.4, -0.2) is 28.0 Å². The Balaban J connectivity index is 1.69. The van der Waals surface area contributed by atoms with Crippen molar-refractivity contribution in [3.05, 3.63) is 70.6 Å². The molecule has 7 heteroatoms. The van der Waals surface area contributed by atoms with Gasteiger partial charge in [-0.2, -0.15) is 9.61 Å². The molecule has 2 heterocycles. The van der Waals surface area contributed by atoms with Crippen molar-refractivity contribution in [2.75, 3.05) is 7.11 Å². The number of hydrogen-bond donors (Lipinski definition) is 0. The van der Waals surface area contributed by atoms with Crippen LogP contribution in [0.1, 0.15) is 21.1 Å². The number of rotatable bonds is 5. The second kappa shape index (κ2) is 6.68. The van der Waals surface area contributed by atoms with Crippen molar-refractivity contribution in [3.8, 4) is 17.0 Å². The Kier molecular flexibility index (Phi) is 4.22. The van der Waals surface area contributed by atoms with Crippen LogP contribution in [0, 0.1) is 5.82 Å². The fourth-order valence-corrected chi connectivity index (χ4v) is 3.65. The molecule has 2 aromatic carbocycles. The number of carbonyl (C=O) groups excluding carboxylic acids is 1. The Morgan fingerprint density at radius 1 is 1.15 bits per heavy atom. The molecular formula is C19H14FN3O2S. The molecule has 0 spiro atoms. The minimum atomic E-state index is -0.268. The van der Waals surface area contributed by atoms with Gasteiger partial charge in [-0.1, -0.05) is 23.5 Å². The van der Waals surface area contributed by atoms with E-state index < -0.39 is 0 Å². The van der Waals surface area contributed by atoms with Gasteiger partial charge in [0, 0.05) is 12.0 Å². The highest BCUT2D eigenvalue weighted by Crippen LogP contribution is 2.28. The van der Waals surface area contributed by atoms with Gasteiger partial charge in [-0.05, 0) is 42.0 Å². The molecule has 0 radical (unpaired) electrons. The Hall–Kier alpha value is -3.06. The monoisotopic (exact) mass is 367 g/mol. The van der Waals surface area contributed by atoms with Gasteiger partial charge in [0.1, 0.15) is 28.0 Å². The van der Waals surface area contributed by atoms with Gasteiger partial charge in [0.2, 0.25) is 4.96 Å². The molecule has 26 heavy (non-hydrogen) atoms. The molecule has 0 aliphatic heterocycles. The number of benzene rings is 2. The predicted octanol–water partition coefficient (Wildman–Crippen LogP) is 4.01. The summed E-state index contributed by atoms with van der Waals surface area (Å²) in [7, 11) is 1.60. The molecule has 0 bridgehead atoms. The molecule has 0 saturated carbocycles. The van der Waals surface area contributed by atoms with Crippen LogP contribution in [-0.2, 0) is 6.42 Å². The molecule has 0 unspecified atom stereocenters. The van der Waals surface area contributed by atoms with E-state index in [4.69, 9.17) is 4.74 Å². The minimum absolute atomic E-state index is 0.268. The van der Waals surface area contributed by atoms with Crippen molar-refractivity contribution in [2.24, 2.45) is 0 Å². The zero-order valence-electron chi connectivity index (χ0n) is 13.8. The number of aldehydes is 1. The number of ether oxygens (including phenoxy) is 1. The summed E-state index contributed by atoms with van der Waals surface area (Å²) in [6, 6.07) is 13.7. The van der Waals surface area contributed by atoms with Crippen molar-refractivity contribution in [1.29, 1.82) is 0 Å². The first-order valence-corrected chi connectivity index (χ1v) is 8.72. The van der Waals surface area contributed by atoms with E-state index >= 15 is 0 Å². The summed E-state index contributed by atoms with van der Waals surface area (Å²) in [6.07, 6.45) is 1.32. The van der Waals surface area contributed by atoms with Crippen molar-refractivity contribution in [3.63, 3.8) is 0 Å². The number of fused-ring (bicyclic) bond motifs is 1. The molecule has 0 atom stereocenters. The highest BCUT2D eigenvalue weighted by molar-refractivity contribution is 7.16. The van der Waals surface area contributed by atoms with Crippen LogP contribution in [0.15, 0.2) is 48.5 Å². The first-order valence-electron chi connectivity index (χ1n) is 7.90. The Morgan fingerprint density at radius 3 is 2.54 bits per heavy atom. The first kappa shape index (κ1) is 16.4. The van der Waals surface area contributed by atoms with E-state index in [0.29, 0.717) is 22.8 Å². The fourth-order valence-electron chi connectivity index (χ4n) is 2.72. The van der Waals surface area contributed by atoms with Crippen molar-refractivity contribution in [2.45, 2.75) is 6.42 Å². The quantitative estimate of drug-likeness (QED) is 0.500. The second-order valence-electron chi connectivity index (χ2n) is 5.69. The molecule has 0 saturated heterocycles. The SMILES string of the molecule is COc1ccc(-c2nc3sc(Cc4ccc(F)cc4)nn3c2C=O)cc1. The number of hydrogen-bond acceptors (Lipinski definition) is 5. The third-order valence-corrected chi connectivity index (χ3v) is 4.93. The fraction of sp³-hybridized carbons (Fsp3) is 0.105. The molecule has 0 aliphatic rings. The maximum atomic E-state index is 13.0. The highest BCUT2D eigenvalue weighted by Gasteiger charge is 2.17. The molecule has 4 aromatic rings. The summed E-state index contributed by atoms with van der Waals surface area (Å²) < 4.78 is 19.7. The topological polar surface area (TPSA) is 56.5 Å². The molecule has 5 nitrogen and oxygen atoms in total. The average molecular weight is 367 g/mol. The number of imidazole rings is 1. The number of carbonyl (C=O) groups is 1. The van der Waals surface area contributed by atoms with Gasteiger partial charge in [0.05, 0.1) is 7.11 Å². The van der Waals surface area contributed by atoms with Crippen LogP contribution in [0.3, 0.4) is 0 Å². The van der Waals surface area contributed by atoms with Crippen molar-refractivity contribution >= 4 is 22.6 Å². The molecule has 0 amide bonds. The van der Waals surface area contributed by atoms with E-state index in [2.05, 4.69) is 10.1 Å². The number of methoxy groups -OCH3 is 1. The Bertz CT molecular complexity index is 1070. The normalized spacial score (nSPS) is 11.0. The van der Waals surface area contributed by atoms with Gasteiger partial charge >= 0.3 is 0 Å². The summed E-state index contributed by atoms with van der Waals surface area (Å²) in [5.41, 5.74) is 2.78. The molecule has 4 rings (SSSR count). The van der Waals surface area contributed by atoms with Crippen LogP contribution >= 0.6 is 11.3 Å². The van der Waals surface area contributed by atoms with Gasteiger partial charge in [0.15, 0.2) is 6.29 Å². The third-order valence-electron chi connectivity index (χ3n) is 4.02. The van der Waals surface area contributed by atoms with Crippen LogP contribution in [0.5, 0.6) is 5.75 Å². The number of halogens is 1. The molecule has 0 fully saturated rings. The van der Waals surface area contributed by atoms with E-state index in [9.17, 15) is 9.18 Å². The molecular weight excluding hydrogens is 353 g/mol. The van der Waals surface area contributed by atoms with Gasteiger partial charge in [-0.25, -0.2) is 9.37 Å². The van der Waals surface area contributed by atoms with E-state index in [1.807, 2.05) is 24.3 Å². The Morgan fingerprint density at radius 2 is 1.88 bits per heavy atom. The van der Waals surface area contributed by atoms with Crippen LogP contribution in [0.2, 0.25) is 0 Å². The minimum Gasteiger partial charge on any atom is -0.497 e. The Labute approximate surface area is 152 Å².